The van der Waals surface area contributed by atoms with Crippen molar-refractivity contribution >= 4 is 17.0 Å². The molecule has 0 aromatic carbocycles. The zero-order valence-corrected chi connectivity index (χ0v) is 7.92. The average molecular weight is 190 g/mol. The lowest BCUT2D eigenvalue weighted by atomic mass is 10.3. The van der Waals surface area contributed by atoms with E-state index in [2.05, 4.69) is 33.2 Å². The average Bonchev–Trinajstić information content (AvgIpc) is 2.69. The summed E-state index contributed by atoms with van der Waals surface area (Å²) in [6.07, 6.45) is 3.66. The molecule has 2 aromatic rings. The number of anilines is 1. The summed E-state index contributed by atoms with van der Waals surface area (Å²) in [5.41, 5.74) is 2.38. The Hall–Kier alpha value is -1.35. The third-order valence-corrected chi connectivity index (χ3v) is 2.42. The Morgan fingerprint density at radius 1 is 1.38 bits per heavy atom. The fourth-order valence-corrected chi connectivity index (χ4v) is 1.68. The lowest BCUT2D eigenvalue weighted by Gasteiger charge is -2.02. The lowest BCUT2D eigenvalue weighted by Crippen LogP contribution is -1.97. The van der Waals surface area contributed by atoms with Gasteiger partial charge >= 0.3 is 0 Å². The van der Waals surface area contributed by atoms with Crippen LogP contribution in [0.4, 0.5) is 5.69 Å². The van der Waals surface area contributed by atoms with E-state index >= 15 is 0 Å². The Balaban J connectivity index is 1.94. The molecular formula is C10H10N2S. The number of pyridine rings is 1. The van der Waals surface area contributed by atoms with Crippen LogP contribution in [0.15, 0.2) is 41.4 Å². The molecule has 0 saturated heterocycles. The summed E-state index contributed by atoms with van der Waals surface area (Å²) in [4.78, 5) is 4.05. The highest BCUT2D eigenvalue weighted by Crippen LogP contribution is 2.12. The Labute approximate surface area is 81.3 Å². The quantitative estimate of drug-likeness (QED) is 0.805. The van der Waals surface area contributed by atoms with Crippen LogP contribution in [0, 0.1) is 0 Å². The van der Waals surface area contributed by atoms with Crippen molar-refractivity contribution in [1.29, 1.82) is 0 Å². The number of nitrogens with zero attached hydrogens (tertiary/aromatic N) is 1. The molecule has 0 aliphatic rings. The van der Waals surface area contributed by atoms with Gasteiger partial charge in [-0.25, -0.2) is 0 Å². The minimum absolute atomic E-state index is 0.838. The Morgan fingerprint density at radius 2 is 2.38 bits per heavy atom. The maximum Gasteiger partial charge on any atom is 0.0451 e. The SMILES string of the molecule is c1cncc(CNc2ccsc2)c1. The van der Waals surface area contributed by atoms with Crippen molar-refractivity contribution in [3.63, 3.8) is 0 Å². The summed E-state index contributed by atoms with van der Waals surface area (Å²) in [5.74, 6) is 0. The number of hydrogen-bond donors (Lipinski definition) is 1. The van der Waals surface area contributed by atoms with Crippen molar-refractivity contribution in [2.45, 2.75) is 6.54 Å². The van der Waals surface area contributed by atoms with E-state index in [1.807, 2.05) is 12.3 Å². The van der Waals surface area contributed by atoms with Gasteiger partial charge in [0.2, 0.25) is 0 Å². The molecule has 0 spiro atoms. The maximum atomic E-state index is 4.05. The second kappa shape index (κ2) is 4.05. The summed E-state index contributed by atoms with van der Waals surface area (Å²) < 4.78 is 0. The second-order valence-corrected chi connectivity index (χ2v) is 3.51. The zero-order chi connectivity index (χ0) is 8.93. The van der Waals surface area contributed by atoms with E-state index in [0.717, 1.165) is 6.54 Å². The summed E-state index contributed by atoms with van der Waals surface area (Å²) >= 11 is 1.70. The van der Waals surface area contributed by atoms with E-state index < -0.39 is 0 Å². The predicted molar refractivity (Wildman–Crippen MR) is 55.9 cm³/mol. The summed E-state index contributed by atoms with van der Waals surface area (Å²) in [7, 11) is 0. The standard InChI is InChI=1S/C10H10N2S/c1-2-9(6-11-4-1)7-12-10-3-5-13-8-10/h1-6,8,12H,7H2. The molecule has 2 aromatic heterocycles. The number of hydrogen-bond acceptors (Lipinski definition) is 3. The van der Waals surface area contributed by atoms with Gasteiger partial charge < -0.3 is 5.32 Å². The molecule has 0 unspecified atom stereocenters. The van der Waals surface area contributed by atoms with E-state index in [1.165, 1.54) is 11.3 Å². The smallest absolute Gasteiger partial charge is 0.0451 e. The van der Waals surface area contributed by atoms with Gasteiger partial charge in [-0.1, -0.05) is 6.07 Å². The van der Waals surface area contributed by atoms with Gasteiger partial charge in [-0.2, -0.15) is 11.3 Å². The summed E-state index contributed by atoms with van der Waals surface area (Å²) in [5, 5.41) is 7.47. The van der Waals surface area contributed by atoms with E-state index in [0.29, 0.717) is 0 Å². The van der Waals surface area contributed by atoms with E-state index in [-0.39, 0.29) is 0 Å². The van der Waals surface area contributed by atoms with Gasteiger partial charge in [0.15, 0.2) is 0 Å². The maximum absolute atomic E-state index is 4.05. The fraction of sp³-hybridized carbons (Fsp3) is 0.100. The molecule has 0 aliphatic carbocycles. The van der Waals surface area contributed by atoms with Crippen molar-refractivity contribution in [2.24, 2.45) is 0 Å². The molecule has 2 rings (SSSR count). The molecular weight excluding hydrogens is 180 g/mol. The molecule has 0 fully saturated rings. The third-order valence-electron chi connectivity index (χ3n) is 1.74. The van der Waals surface area contributed by atoms with Crippen molar-refractivity contribution < 1.29 is 0 Å². The largest absolute Gasteiger partial charge is 0.380 e. The van der Waals surface area contributed by atoms with Crippen molar-refractivity contribution in [2.75, 3.05) is 5.32 Å². The topological polar surface area (TPSA) is 24.9 Å². The molecule has 0 atom stereocenters. The molecule has 0 amide bonds. The first-order valence-corrected chi connectivity index (χ1v) is 5.04. The van der Waals surface area contributed by atoms with Crippen molar-refractivity contribution in [1.82, 2.24) is 4.98 Å². The number of thiophene rings is 1. The van der Waals surface area contributed by atoms with Crippen molar-refractivity contribution in [3.8, 4) is 0 Å². The highest BCUT2D eigenvalue weighted by molar-refractivity contribution is 7.08. The molecule has 3 heteroatoms. The van der Waals surface area contributed by atoms with Gasteiger partial charge in [0.25, 0.3) is 0 Å². The van der Waals surface area contributed by atoms with Crippen molar-refractivity contribution in [3.05, 3.63) is 46.9 Å². The van der Waals surface area contributed by atoms with Crippen LogP contribution >= 0.6 is 11.3 Å². The molecule has 0 bridgehead atoms. The number of rotatable bonds is 3. The van der Waals surface area contributed by atoms with Gasteiger partial charge in [0.1, 0.15) is 0 Å². The van der Waals surface area contributed by atoms with Gasteiger partial charge in [0, 0.05) is 30.0 Å². The van der Waals surface area contributed by atoms with Gasteiger partial charge in [-0.15, -0.1) is 0 Å². The molecule has 1 N–H and O–H groups in total. The van der Waals surface area contributed by atoms with Gasteiger partial charge in [0.05, 0.1) is 0 Å². The molecule has 13 heavy (non-hydrogen) atoms. The van der Waals surface area contributed by atoms with Crippen LogP contribution in [0.3, 0.4) is 0 Å². The molecule has 2 heterocycles. The lowest BCUT2D eigenvalue weighted by molar-refractivity contribution is 1.12. The molecule has 66 valence electrons. The molecule has 2 nitrogen and oxygen atoms in total. The van der Waals surface area contributed by atoms with E-state index in [1.54, 1.807) is 17.5 Å². The van der Waals surface area contributed by atoms with Crippen LogP contribution in [0.1, 0.15) is 5.56 Å². The number of aromatic nitrogens is 1. The zero-order valence-electron chi connectivity index (χ0n) is 7.10. The molecule has 0 radical (unpaired) electrons. The minimum Gasteiger partial charge on any atom is -0.380 e. The second-order valence-electron chi connectivity index (χ2n) is 2.73. The first kappa shape index (κ1) is 8.26. The molecule has 0 aliphatic heterocycles. The third kappa shape index (κ3) is 2.29. The minimum atomic E-state index is 0.838. The van der Waals surface area contributed by atoms with Gasteiger partial charge in [-0.3, -0.25) is 4.98 Å². The normalized spacial score (nSPS) is 9.85. The Kier molecular flexibility index (Phi) is 2.57. The van der Waals surface area contributed by atoms with Crippen LogP contribution in [-0.4, -0.2) is 4.98 Å². The first-order valence-electron chi connectivity index (χ1n) is 4.10. The summed E-state index contributed by atoms with van der Waals surface area (Å²) in [6.45, 7) is 0.838. The van der Waals surface area contributed by atoms with Crippen LogP contribution in [0.2, 0.25) is 0 Å². The van der Waals surface area contributed by atoms with Crippen LogP contribution in [0.25, 0.3) is 0 Å². The highest BCUT2D eigenvalue weighted by Gasteiger charge is 1.92. The summed E-state index contributed by atoms with van der Waals surface area (Å²) in [6, 6.07) is 6.08. The predicted octanol–water partition coefficient (Wildman–Crippen LogP) is 2.76. The Morgan fingerprint density at radius 3 is 3.08 bits per heavy atom. The number of nitrogens with one attached hydrogen (secondary N) is 1. The molecule has 0 saturated carbocycles. The van der Waals surface area contributed by atoms with Crippen LogP contribution in [0.5, 0.6) is 0 Å². The Bertz CT molecular complexity index is 342. The van der Waals surface area contributed by atoms with Crippen LogP contribution < -0.4 is 5.32 Å². The van der Waals surface area contributed by atoms with E-state index in [9.17, 15) is 0 Å². The monoisotopic (exact) mass is 190 g/mol. The first-order chi connectivity index (χ1) is 6.45. The van der Waals surface area contributed by atoms with Gasteiger partial charge in [-0.05, 0) is 23.1 Å². The van der Waals surface area contributed by atoms with Crippen LogP contribution in [-0.2, 0) is 6.54 Å². The van der Waals surface area contributed by atoms with E-state index in [4.69, 9.17) is 0 Å². The fourth-order valence-electron chi connectivity index (χ4n) is 1.07. The highest BCUT2D eigenvalue weighted by atomic mass is 32.1.